The quantitative estimate of drug-likeness (QED) is 0.843. The van der Waals surface area contributed by atoms with Gasteiger partial charge in [-0.15, -0.1) is 0 Å². The minimum absolute atomic E-state index is 0.0615. The van der Waals surface area contributed by atoms with Gasteiger partial charge in [0.15, 0.2) is 11.5 Å². The standard InChI is InChI=1S/C19H23N5O2/c1-23-8-6-14-13(11-23)10-20-18(21-14)16-3-2-7-24(16)19(25)15-9-17(26-22-15)12-4-5-12/h9-10,12,16H,2-8,11H2,1H3/t16-/m0/s1. The van der Waals surface area contributed by atoms with Gasteiger partial charge >= 0.3 is 0 Å². The number of fused-ring (bicyclic) bond motifs is 1. The summed E-state index contributed by atoms with van der Waals surface area (Å²) >= 11 is 0. The Bertz CT molecular complexity index is 844. The lowest BCUT2D eigenvalue weighted by Gasteiger charge is -2.26. The first-order valence-corrected chi connectivity index (χ1v) is 9.50. The molecule has 2 aliphatic heterocycles. The Morgan fingerprint density at radius 3 is 3.00 bits per heavy atom. The number of rotatable bonds is 3. The van der Waals surface area contributed by atoms with E-state index < -0.39 is 0 Å². The van der Waals surface area contributed by atoms with Gasteiger partial charge in [0, 0.05) is 55.5 Å². The number of carbonyl (C=O) groups excluding carboxylic acids is 1. The molecule has 136 valence electrons. The molecule has 2 aromatic rings. The Labute approximate surface area is 152 Å². The van der Waals surface area contributed by atoms with E-state index in [1.807, 2.05) is 17.2 Å². The highest BCUT2D eigenvalue weighted by Gasteiger charge is 2.36. The summed E-state index contributed by atoms with van der Waals surface area (Å²) in [6.45, 7) is 2.63. The average Bonchev–Trinajstić information content (AvgIpc) is 3.19. The Balaban J connectivity index is 1.39. The first kappa shape index (κ1) is 15.9. The van der Waals surface area contributed by atoms with Crippen LogP contribution in [0.15, 0.2) is 16.8 Å². The molecule has 0 radical (unpaired) electrons. The number of nitrogens with zero attached hydrogens (tertiary/aromatic N) is 5. The van der Waals surface area contributed by atoms with Gasteiger partial charge in [0.1, 0.15) is 5.76 Å². The number of aromatic nitrogens is 3. The van der Waals surface area contributed by atoms with Crippen molar-refractivity contribution in [1.29, 1.82) is 0 Å². The normalized spacial score (nSPS) is 23.3. The third kappa shape index (κ3) is 2.80. The van der Waals surface area contributed by atoms with Gasteiger partial charge in [0.05, 0.1) is 6.04 Å². The van der Waals surface area contributed by atoms with Gasteiger partial charge in [0.25, 0.3) is 5.91 Å². The Morgan fingerprint density at radius 1 is 1.27 bits per heavy atom. The summed E-state index contributed by atoms with van der Waals surface area (Å²) in [5, 5.41) is 4.02. The maximum absolute atomic E-state index is 13.0. The third-order valence-electron chi connectivity index (χ3n) is 5.68. The van der Waals surface area contributed by atoms with Crippen molar-refractivity contribution in [3.05, 3.63) is 40.8 Å². The molecule has 1 saturated carbocycles. The molecule has 1 saturated heterocycles. The molecule has 2 aromatic heterocycles. The monoisotopic (exact) mass is 353 g/mol. The molecule has 0 bridgehead atoms. The van der Waals surface area contributed by atoms with E-state index in [2.05, 4.69) is 22.1 Å². The van der Waals surface area contributed by atoms with Crippen LogP contribution in [0.3, 0.4) is 0 Å². The molecule has 0 aromatic carbocycles. The van der Waals surface area contributed by atoms with E-state index in [1.54, 1.807) is 0 Å². The van der Waals surface area contributed by atoms with E-state index >= 15 is 0 Å². The van der Waals surface area contributed by atoms with Crippen molar-refractivity contribution in [1.82, 2.24) is 24.9 Å². The summed E-state index contributed by atoms with van der Waals surface area (Å²) in [5.74, 6) is 2.01. The SMILES string of the molecule is CN1CCc2nc([C@@H]3CCCN3C(=O)c3cc(C4CC4)on3)ncc2C1. The van der Waals surface area contributed by atoms with Crippen molar-refractivity contribution >= 4 is 5.91 Å². The molecule has 4 heterocycles. The third-order valence-corrected chi connectivity index (χ3v) is 5.68. The molecular weight excluding hydrogens is 330 g/mol. The average molecular weight is 353 g/mol. The molecule has 26 heavy (non-hydrogen) atoms. The van der Waals surface area contributed by atoms with Crippen molar-refractivity contribution in [3.8, 4) is 0 Å². The topological polar surface area (TPSA) is 75.4 Å². The van der Waals surface area contributed by atoms with Crippen molar-refractivity contribution in [3.63, 3.8) is 0 Å². The van der Waals surface area contributed by atoms with Crippen LogP contribution in [-0.4, -0.2) is 51.0 Å². The van der Waals surface area contributed by atoms with Crippen LogP contribution in [0.1, 0.15) is 71.0 Å². The Hall–Kier alpha value is -2.28. The van der Waals surface area contributed by atoms with E-state index in [4.69, 9.17) is 9.51 Å². The van der Waals surface area contributed by atoms with E-state index in [0.717, 1.165) is 69.0 Å². The zero-order valence-corrected chi connectivity index (χ0v) is 15.0. The fraction of sp³-hybridized carbons (Fsp3) is 0.579. The highest BCUT2D eigenvalue weighted by molar-refractivity contribution is 5.92. The van der Waals surface area contributed by atoms with Crippen LogP contribution in [0, 0.1) is 0 Å². The number of likely N-dealkylation sites (tertiary alicyclic amines) is 1. The van der Waals surface area contributed by atoms with Gasteiger partial charge in [0.2, 0.25) is 0 Å². The number of carbonyl (C=O) groups is 1. The van der Waals surface area contributed by atoms with Crippen molar-refractivity contribution in [2.45, 2.75) is 50.6 Å². The van der Waals surface area contributed by atoms with Crippen molar-refractivity contribution in [2.75, 3.05) is 20.1 Å². The fourth-order valence-electron chi connectivity index (χ4n) is 4.01. The van der Waals surface area contributed by atoms with Crippen LogP contribution in [0.2, 0.25) is 0 Å². The predicted octanol–water partition coefficient (Wildman–Crippen LogP) is 2.31. The number of hydrogen-bond acceptors (Lipinski definition) is 6. The van der Waals surface area contributed by atoms with Crippen LogP contribution in [-0.2, 0) is 13.0 Å². The van der Waals surface area contributed by atoms with Gasteiger partial charge in [-0.2, -0.15) is 0 Å². The predicted molar refractivity (Wildman–Crippen MR) is 93.6 cm³/mol. The zero-order valence-electron chi connectivity index (χ0n) is 15.0. The summed E-state index contributed by atoms with van der Waals surface area (Å²) in [4.78, 5) is 26.5. The molecule has 3 aliphatic rings. The molecular formula is C19H23N5O2. The number of amides is 1. The van der Waals surface area contributed by atoms with Gasteiger partial charge in [-0.25, -0.2) is 9.97 Å². The minimum atomic E-state index is -0.0656. The summed E-state index contributed by atoms with van der Waals surface area (Å²) in [5.41, 5.74) is 2.74. The molecule has 1 atom stereocenters. The fourth-order valence-corrected chi connectivity index (χ4v) is 4.01. The van der Waals surface area contributed by atoms with Gasteiger partial charge in [-0.1, -0.05) is 5.16 Å². The highest BCUT2D eigenvalue weighted by atomic mass is 16.5. The Kier molecular flexibility index (Phi) is 3.77. The van der Waals surface area contributed by atoms with Crippen LogP contribution in [0.25, 0.3) is 0 Å². The molecule has 0 unspecified atom stereocenters. The summed E-state index contributed by atoms with van der Waals surface area (Å²) in [6.07, 6.45) is 7.01. The van der Waals surface area contributed by atoms with Crippen LogP contribution in [0.5, 0.6) is 0 Å². The van der Waals surface area contributed by atoms with Crippen LogP contribution >= 0.6 is 0 Å². The van der Waals surface area contributed by atoms with Crippen molar-refractivity contribution in [2.24, 2.45) is 0 Å². The second-order valence-corrected chi connectivity index (χ2v) is 7.73. The van der Waals surface area contributed by atoms with Gasteiger partial charge in [-0.3, -0.25) is 4.79 Å². The second-order valence-electron chi connectivity index (χ2n) is 7.73. The van der Waals surface area contributed by atoms with E-state index in [-0.39, 0.29) is 11.9 Å². The number of likely N-dealkylation sites (N-methyl/N-ethyl adjacent to an activating group) is 1. The smallest absolute Gasteiger partial charge is 0.276 e. The molecule has 7 heteroatoms. The second kappa shape index (κ2) is 6.16. The van der Waals surface area contributed by atoms with E-state index in [0.29, 0.717) is 11.6 Å². The van der Waals surface area contributed by atoms with E-state index in [1.165, 1.54) is 5.56 Å². The summed E-state index contributed by atoms with van der Waals surface area (Å²) in [7, 11) is 2.11. The summed E-state index contributed by atoms with van der Waals surface area (Å²) < 4.78 is 5.36. The van der Waals surface area contributed by atoms with E-state index in [9.17, 15) is 4.79 Å². The largest absolute Gasteiger partial charge is 0.360 e. The number of hydrogen-bond donors (Lipinski definition) is 0. The molecule has 0 spiro atoms. The Morgan fingerprint density at radius 2 is 2.15 bits per heavy atom. The zero-order chi connectivity index (χ0) is 17.7. The molecule has 2 fully saturated rings. The summed E-state index contributed by atoms with van der Waals surface area (Å²) in [6, 6.07) is 1.76. The minimum Gasteiger partial charge on any atom is -0.360 e. The molecule has 1 amide bonds. The first-order valence-electron chi connectivity index (χ1n) is 9.50. The maximum Gasteiger partial charge on any atom is 0.276 e. The lowest BCUT2D eigenvalue weighted by atomic mass is 10.1. The molecule has 5 rings (SSSR count). The molecule has 1 aliphatic carbocycles. The molecule has 7 nitrogen and oxygen atoms in total. The van der Waals surface area contributed by atoms with Crippen LogP contribution in [0.4, 0.5) is 0 Å². The highest BCUT2D eigenvalue weighted by Crippen LogP contribution is 2.40. The van der Waals surface area contributed by atoms with Crippen molar-refractivity contribution < 1.29 is 9.32 Å². The lowest BCUT2D eigenvalue weighted by molar-refractivity contribution is 0.0719. The molecule has 0 N–H and O–H groups in total. The van der Waals surface area contributed by atoms with Crippen LogP contribution < -0.4 is 0 Å². The van der Waals surface area contributed by atoms with Gasteiger partial charge in [-0.05, 0) is 32.7 Å². The first-order chi connectivity index (χ1) is 12.7. The maximum atomic E-state index is 13.0. The lowest BCUT2D eigenvalue weighted by Crippen LogP contribution is -2.33. The van der Waals surface area contributed by atoms with Gasteiger partial charge < -0.3 is 14.3 Å².